The van der Waals surface area contributed by atoms with Crippen LogP contribution in [0.1, 0.15) is 84.0 Å². The van der Waals surface area contributed by atoms with Crippen molar-refractivity contribution in [3.63, 3.8) is 0 Å². The molecular weight excluding hydrogens is 304 g/mol. The molecule has 1 heterocycles. The zero-order valence-electron chi connectivity index (χ0n) is 15.5. The average molecular weight is 341 g/mol. The average Bonchev–Trinajstić information content (AvgIpc) is 3.35. The number of hydrogen-bond acceptors (Lipinski definition) is 4. The summed E-state index contributed by atoms with van der Waals surface area (Å²) in [6, 6.07) is 0. The van der Waals surface area contributed by atoms with Crippen LogP contribution in [0.15, 0.2) is 0 Å². The van der Waals surface area contributed by atoms with Gasteiger partial charge in [0.15, 0.2) is 5.60 Å². The number of rotatable bonds is 7. The summed E-state index contributed by atoms with van der Waals surface area (Å²) >= 11 is 0. The van der Waals surface area contributed by atoms with Crippen molar-refractivity contribution < 1.29 is 19.0 Å². The van der Waals surface area contributed by atoms with Gasteiger partial charge in [-0.1, -0.05) is 57.8 Å². The molecule has 0 amide bonds. The molecule has 2 fully saturated rings. The molecule has 0 N–H and O–H groups in total. The van der Waals surface area contributed by atoms with Crippen molar-refractivity contribution in [2.24, 2.45) is 5.92 Å². The van der Waals surface area contributed by atoms with Crippen LogP contribution < -0.4 is 0 Å². The summed E-state index contributed by atoms with van der Waals surface area (Å²) < 4.78 is 16.3. The Balaban J connectivity index is 1.62. The van der Waals surface area contributed by atoms with Gasteiger partial charge in [0.1, 0.15) is 0 Å². The molecule has 0 aromatic carbocycles. The minimum atomic E-state index is -0.692. The maximum Gasteiger partial charge on any atom is 0.340 e. The minimum Gasteiger partial charge on any atom is -0.464 e. The molecular formula is C20H36O4. The first-order valence-corrected chi connectivity index (χ1v) is 10.2. The Bertz CT molecular complexity index is 340. The first-order valence-electron chi connectivity index (χ1n) is 10.2. The molecule has 1 aliphatic heterocycles. The van der Waals surface area contributed by atoms with E-state index in [9.17, 15) is 4.79 Å². The third-order valence-corrected chi connectivity index (χ3v) is 5.37. The predicted octanol–water partition coefficient (Wildman–Crippen LogP) is 4.65. The molecule has 2 rings (SSSR count). The van der Waals surface area contributed by atoms with Crippen molar-refractivity contribution in [1.82, 2.24) is 0 Å². The number of esters is 1. The lowest BCUT2D eigenvalue weighted by molar-refractivity contribution is -0.150. The number of carbonyl (C=O) groups excluding carboxylic acids is 1. The summed E-state index contributed by atoms with van der Waals surface area (Å²) in [6.45, 7) is 4.15. The molecule has 1 saturated heterocycles. The lowest BCUT2D eigenvalue weighted by Gasteiger charge is -2.18. The topological polar surface area (TPSA) is 48.1 Å². The molecule has 0 bridgehead atoms. The Kier molecular flexibility index (Phi) is 9.11. The van der Waals surface area contributed by atoms with Crippen molar-refractivity contribution in [3.05, 3.63) is 0 Å². The molecule has 1 unspecified atom stereocenters. The second kappa shape index (κ2) is 11.1. The van der Waals surface area contributed by atoms with Gasteiger partial charge in [-0.05, 0) is 25.7 Å². The van der Waals surface area contributed by atoms with Crippen LogP contribution in [0.3, 0.4) is 0 Å². The quantitative estimate of drug-likeness (QED) is 0.385. The van der Waals surface area contributed by atoms with E-state index in [0.29, 0.717) is 32.2 Å². The zero-order chi connectivity index (χ0) is 17.1. The Morgan fingerprint density at radius 2 is 1.54 bits per heavy atom. The third-order valence-electron chi connectivity index (χ3n) is 5.37. The zero-order valence-corrected chi connectivity index (χ0v) is 15.5. The highest BCUT2D eigenvalue weighted by Gasteiger charge is 2.53. The van der Waals surface area contributed by atoms with Gasteiger partial charge in [-0.25, -0.2) is 4.79 Å². The van der Waals surface area contributed by atoms with E-state index in [1.54, 1.807) is 0 Å². The highest BCUT2D eigenvalue weighted by Crippen LogP contribution is 2.32. The van der Waals surface area contributed by atoms with E-state index in [2.05, 4.69) is 0 Å². The van der Waals surface area contributed by atoms with E-state index in [0.717, 1.165) is 6.61 Å². The van der Waals surface area contributed by atoms with E-state index >= 15 is 0 Å². The van der Waals surface area contributed by atoms with E-state index in [-0.39, 0.29) is 5.97 Å². The number of hydrogen-bond donors (Lipinski definition) is 0. The first kappa shape index (κ1) is 19.7. The second-order valence-electron chi connectivity index (χ2n) is 7.45. The van der Waals surface area contributed by atoms with Crippen molar-refractivity contribution >= 4 is 5.97 Å². The number of epoxide rings is 1. The molecule has 0 aromatic rings. The van der Waals surface area contributed by atoms with Gasteiger partial charge in [0.25, 0.3) is 0 Å². The Labute approximate surface area is 147 Å². The van der Waals surface area contributed by atoms with Gasteiger partial charge in [0.2, 0.25) is 0 Å². The monoisotopic (exact) mass is 340 g/mol. The lowest BCUT2D eigenvalue weighted by atomic mass is 9.93. The smallest absolute Gasteiger partial charge is 0.340 e. The van der Waals surface area contributed by atoms with Crippen molar-refractivity contribution in [1.29, 1.82) is 0 Å². The van der Waals surface area contributed by atoms with Gasteiger partial charge < -0.3 is 14.2 Å². The van der Waals surface area contributed by atoms with Crippen LogP contribution in [0.5, 0.6) is 0 Å². The van der Waals surface area contributed by atoms with E-state index in [4.69, 9.17) is 14.2 Å². The van der Waals surface area contributed by atoms with Crippen molar-refractivity contribution in [2.75, 3.05) is 26.4 Å². The van der Waals surface area contributed by atoms with Crippen LogP contribution in [0, 0.1) is 5.92 Å². The number of carbonyl (C=O) groups is 1. The summed E-state index contributed by atoms with van der Waals surface area (Å²) in [5.74, 6) is 0.461. The van der Waals surface area contributed by atoms with Crippen LogP contribution in [-0.4, -0.2) is 38.0 Å². The second-order valence-corrected chi connectivity index (χ2v) is 7.45. The molecule has 0 radical (unpaired) electrons. The molecule has 2 aliphatic rings. The fourth-order valence-electron chi connectivity index (χ4n) is 3.62. The first-order chi connectivity index (χ1) is 11.8. The van der Waals surface area contributed by atoms with Gasteiger partial charge in [0.05, 0.1) is 19.8 Å². The van der Waals surface area contributed by atoms with Crippen LogP contribution in [0.2, 0.25) is 0 Å². The summed E-state index contributed by atoms with van der Waals surface area (Å²) in [4.78, 5) is 11.8. The molecule has 0 aromatic heterocycles. The van der Waals surface area contributed by atoms with Crippen LogP contribution in [0.25, 0.3) is 0 Å². The summed E-state index contributed by atoms with van der Waals surface area (Å²) in [6.07, 6.45) is 15.7. The normalized spacial score (nSPS) is 27.0. The number of ether oxygens (including phenoxy) is 3. The Hall–Kier alpha value is -0.610. The molecule has 4 heteroatoms. The van der Waals surface area contributed by atoms with Crippen molar-refractivity contribution in [3.8, 4) is 0 Å². The van der Waals surface area contributed by atoms with E-state index in [1.807, 2.05) is 6.92 Å². The Morgan fingerprint density at radius 1 is 1.00 bits per heavy atom. The van der Waals surface area contributed by atoms with Crippen LogP contribution in [0.4, 0.5) is 0 Å². The minimum absolute atomic E-state index is 0.223. The van der Waals surface area contributed by atoms with Gasteiger partial charge in [-0.15, -0.1) is 0 Å². The summed E-state index contributed by atoms with van der Waals surface area (Å²) in [5, 5.41) is 0. The van der Waals surface area contributed by atoms with E-state index in [1.165, 1.54) is 70.6 Å². The standard InChI is InChI=1S/C20H36O4/c1-2-23-19(21)20(17-24-20)14-15-22-16-18-12-10-8-6-4-3-5-7-9-11-13-18/h18H,2-17H2,1H3. The molecule has 1 atom stereocenters. The molecule has 24 heavy (non-hydrogen) atoms. The van der Waals surface area contributed by atoms with Gasteiger partial charge in [-0.2, -0.15) is 0 Å². The molecule has 0 spiro atoms. The highest BCUT2D eigenvalue weighted by atomic mass is 16.6. The fourth-order valence-corrected chi connectivity index (χ4v) is 3.62. The van der Waals surface area contributed by atoms with Crippen LogP contribution >= 0.6 is 0 Å². The highest BCUT2D eigenvalue weighted by molar-refractivity contribution is 5.82. The SMILES string of the molecule is CCOC(=O)C1(CCOCC2CCCCCCCCCCC2)CO1. The van der Waals surface area contributed by atoms with Gasteiger partial charge in [-0.3, -0.25) is 0 Å². The van der Waals surface area contributed by atoms with Gasteiger partial charge in [0, 0.05) is 13.0 Å². The molecule has 4 nitrogen and oxygen atoms in total. The fraction of sp³-hybridized carbons (Fsp3) is 0.950. The summed E-state index contributed by atoms with van der Waals surface area (Å²) in [7, 11) is 0. The van der Waals surface area contributed by atoms with Gasteiger partial charge >= 0.3 is 5.97 Å². The Morgan fingerprint density at radius 3 is 2.04 bits per heavy atom. The predicted molar refractivity (Wildman–Crippen MR) is 95.0 cm³/mol. The molecule has 1 aliphatic carbocycles. The maximum absolute atomic E-state index is 11.8. The third kappa shape index (κ3) is 7.10. The van der Waals surface area contributed by atoms with Crippen molar-refractivity contribution in [2.45, 2.75) is 89.6 Å². The summed E-state index contributed by atoms with van der Waals surface area (Å²) in [5.41, 5.74) is -0.692. The maximum atomic E-state index is 11.8. The molecule has 1 saturated carbocycles. The lowest BCUT2D eigenvalue weighted by Crippen LogP contribution is -2.29. The molecule has 140 valence electrons. The van der Waals surface area contributed by atoms with Crippen LogP contribution in [-0.2, 0) is 19.0 Å². The van der Waals surface area contributed by atoms with E-state index < -0.39 is 5.60 Å². The largest absolute Gasteiger partial charge is 0.464 e.